The highest BCUT2D eigenvalue weighted by atomic mass is 32.1. The first-order valence-corrected chi connectivity index (χ1v) is 6.88. The number of carboxylic acid groups (broad SMARTS) is 1. The molecule has 0 aliphatic heterocycles. The third-order valence-corrected chi connectivity index (χ3v) is 3.76. The van der Waals surface area contributed by atoms with E-state index >= 15 is 0 Å². The van der Waals surface area contributed by atoms with Crippen LogP contribution in [-0.4, -0.2) is 22.0 Å². The van der Waals surface area contributed by atoms with Gasteiger partial charge in [-0.2, -0.15) is 0 Å². The van der Waals surface area contributed by atoms with Crippen LogP contribution in [0.15, 0.2) is 0 Å². The lowest BCUT2D eigenvalue weighted by Gasteiger charge is -2.09. The van der Waals surface area contributed by atoms with Gasteiger partial charge in [0.25, 0.3) is 0 Å². The Labute approximate surface area is 110 Å². The van der Waals surface area contributed by atoms with Crippen molar-refractivity contribution in [2.75, 3.05) is 5.32 Å². The van der Waals surface area contributed by atoms with E-state index < -0.39 is 5.97 Å². The van der Waals surface area contributed by atoms with Crippen molar-refractivity contribution in [1.29, 1.82) is 0 Å². The highest BCUT2D eigenvalue weighted by molar-refractivity contribution is 7.17. The molecular weight excluding hydrogens is 252 g/mol. The number of carboxylic acids is 1. The van der Waals surface area contributed by atoms with Crippen LogP contribution in [0.25, 0.3) is 0 Å². The highest BCUT2D eigenvalue weighted by Crippen LogP contribution is 2.32. The fourth-order valence-electron chi connectivity index (χ4n) is 1.70. The van der Waals surface area contributed by atoms with Gasteiger partial charge in [-0.15, -0.1) is 0 Å². The predicted octanol–water partition coefficient (Wildman–Crippen LogP) is 3.09. The van der Waals surface area contributed by atoms with Crippen molar-refractivity contribution in [3.05, 3.63) is 10.6 Å². The molecule has 0 unspecified atom stereocenters. The fraction of sp³-hybridized carbons (Fsp3) is 0.583. The Morgan fingerprint density at radius 2 is 1.94 bits per heavy atom. The number of aromatic nitrogens is 1. The van der Waals surface area contributed by atoms with Crippen molar-refractivity contribution >= 4 is 28.3 Å². The Bertz CT molecular complexity index is 439. The zero-order chi connectivity index (χ0) is 13.7. The first-order chi connectivity index (χ1) is 8.53. The molecule has 1 heterocycles. The maximum atomic E-state index is 11.3. The third kappa shape index (κ3) is 3.29. The summed E-state index contributed by atoms with van der Waals surface area (Å²) in [6, 6.07) is 0. The van der Waals surface area contributed by atoms with Crippen molar-refractivity contribution in [1.82, 2.24) is 4.98 Å². The number of anilines is 1. The van der Waals surface area contributed by atoms with Gasteiger partial charge in [0.15, 0.2) is 5.13 Å². The molecule has 0 aliphatic rings. The number of nitrogens with one attached hydrogen (secondary N) is 1. The number of hydrogen-bond acceptors (Lipinski definition) is 4. The van der Waals surface area contributed by atoms with E-state index in [0.717, 1.165) is 24.2 Å². The van der Waals surface area contributed by atoms with Gasteiger partial charge in [0.1, 0.15) is 4.88 Å². The van der Waals surface area contributed by atoms with Gasteiger partial charge in [-0.1, -0.05) is 32.1 Å². The molecule has 2 N–H and O–H groups in total. The number of rotatable bonds is 6. The van der Waals surface area contributed by atoms with Crippen molar-refractivity contribution in [2.24, 2.45) is 0 Å². The van der Waals surface area contributed by atoms with Crippen molar-refractivity contribution < 1.29 is 14.7 Å². The van der Waals surface area contributed by atoms with Crippen LogP contribution < -0.4 is 5.32 Å². The molecule has 0 saturated heterocycles. The molecule has 0 radical (unpaired) electrons. The summed E-state index contributed by atoms with van der Waals surface area (Å²) in [5.41, 5.74) is 0.587. The number of amides is 1. The maximum absolute atomic E-state index is 11.3. The first-order valence-electron chi connectivity index (χ1n) is 6.07. The average Bonchev–Trinajstić information content (AvgIpc) is 2.74. The van der Waals surface area contributed by atoms with E-state index in [1.54, 1.807) is 6.92 Å². The molecule has 1 aromatic heterocycles. The molecule has 1 amide bonds. The van der Waals surface area contributed by atoms with Crippen molar-refractivity contribution in [3.63, 3.8) is 0 Å². The molecule has 0 fully saturated rings. The molecule has 5 nitrogen and oxygen atoms in total. The number of thiazole rings is 1. The third-order valence-electron chi connectivity index (χ3n) is 2.79. The van der Waals surface area contributed by atoms with Crippen molar-refractivity contribution in [2.45, 2.75) is 46.0 Å². The van der Waals surface area contributed by atoms with Crippen LogP contribution in [-0.2, 0) is 4.79 Å². The Balaban J connectivity index is 3.08. The SMILES string of the molecule is CCC(=O)Nc1nc(C(CC)CC)c(C(=O)O)s1. The van der Waals surface area contributed by atoms with Crippen molar-refractivity contribution in [3.8, 4) is 0 Å². The predicted molar refractivity (Wildman–Crippen MR) is 71.3 cm³/mol. The molecular formula is C12H18N2O3S. The lowest BCUT2D eigenvalue weighted by molar-refractivity contribution is -0.115. The fourth-order valence-corrected chi connectivity index (χ4v) is 2.60. The summed E-state index contributed by atoms with van der Waals surface area (Å²) >= 11 is 1.03. The molecule has 0 spiro atoms. The average molecular weight is 270 g/mol. The van der Waals surface area contributed by atoms with Gasteiger partial charge < -0.3 is 10.4 Å². The molecule has 1 aromatic rings. The summed E-state index contributed by atoms with van der Waals surface area (Å²) in [5.74, 6) is -1.01. The summed E-state index contributed by atoms with van der Waals surface area (Å²) in [4.78, 5) is 27.0. The van der Waals surface area contributed by atoms with Crippen LogP contribution in [0.4, 0.5) is 5.13 Å². The molecule has 0 bridgehead atoms. The van der Waals surface area contributed by atoms with E-state index in [9.17, 15) is 9.59 Å². The minimum absolute atomic E-state index is 0.125. The molecule has 0 aliphatic carbocycles. The number of carbonyl (C=O) groups excluding carboxylic acids is 1. The van der Waals surface area contributed by atoms with E-state index in [-0.39, 0.29) is 16.7 Å². The second kappa shape index (κ2) is 6.49. The first kappa shape index (κ1) is 14.6. The van der Waals surface area contributed by atoms with Gasteiger partial charge in [0.2, 0.25) is 5.91 Å². The maximum Gasteiger partial charge on any atom is 0.347 e. The van der Waals surface area contributed by atoms with E-state index in [0.29, 0.717) is 17.2 Å². The minimum atomic E-state index is -0.980. The second-order valence-electron chi connectivity index (χ2n) is 3.95. The largest absolute Gasteiger partial charge is 0.477 e. The van der Waals surface area contributed by atoms with E-state index in [4.69, 9.17) is 5.11 Å². The smallest absolute Gasteiger partial charge is 0.347 e. The summed E-state index contributed by atoms with van der Waals surface area (Å²) in [6.45, 7) is 5.75. The number of nitrogens with zero attached hydrogens (tertiary/aromatic N) is 1. The van der Waals surface area contributed by atoms with Crippen LogP contribution in [0.1, 0.15) is 61.3 Å². The molecule has 0 aromatic carbocycles. The van der Waals surface area contributed by atoms with E-state index in [1.165, 1.54) is 0 Å². The standard InChI is InChI=1S/C12H18N2O3S/c1-4-7(5-2)9-10(11(16)17)18-12(14-9)13-8(15)6-3/h7H,4-6H2,1-3H3,(H,16,17)(H,13,14,15). The Hall–Kier alpha value is -1.43. The van der Waals surface area contributed by atoms with Crippen LogP contribution in [0.2, 0.25) is 0 Å². The number of carbonyl (C=O) groups is 2. The molecule has 0 atom stereocenters. The Morgan fingerprint density at radius 1 is 1.33 bits per heavy atom. The van der Waals surface area contributed by atoms with E-state index in [1.807, 2.05) is 13.8 Å². The van der Waals surface area contributed by atoms with Gasteiger partial charge in [0, 0.05) is 12.3 Å². The summed E-state index contributed by atoms with van der Waals surface area (Å²) < 4.78 is 0. The zero-order valence-electron chi connectivity index (χ0n) is 10.8. The summed E-state index contributed by atoms with van der Waals surface area (Å²) in [5, 5.41) is 12.2. The summed E-state index contributed by atoms with van der Waals surface area (Å²) in [7, 11) is 0. The molecule has 18 heavy (non-hydrogen) atoms. The normalized spacial score (nSPS) is 10.7. The van der Waals surface area contributed by atoms with Crippen LogP contribution >= 0.6 is 11.3 Å². The topological polar surface area (TPSA) is 79.3 Å². The summed E-state index contributed by atoms with van der Waals surface area (Å²) in [6.07, 6.45) is 2.02. The monoisotopic (exact) mass is 270 g/mol. The van der Waals surface area contributed by atoms with Crippen LogP contribution in [0.5, 0.6) is 0 Å². The number of aromatic carboxylic acids is 1. The Morgan fingerprint density at radius 3 is 2.39 bits per heavy atom. The lowest BCUT2D eigenvalue weighted by Crippen LogP contribution is -2.09. The minimum Gasteiger partial charge on any atom is -0.477 e. The molecule has 1 rings (SSSR count). The quantitative estimate of drug-likeness (QED) is 0.832. The van der Waals surface area contributed by atoms with Crippen LogP contribution in [0.3, 0.4) is 0 Å². The van der Waals surface area contributed by atoms with Crippen LogP contribution in [0, 0.1) is 0 Å². The molecule has 6 heteroatoms. The van der Waals surface area contributed by atoms with Gasteiger partial charge in [0.05, 0.1) is 5.69 Å². The van der Waals surface area contributed by atoms with Gasteiger partial charge in [-0.05, 0) is 12.8 Å². The lowest BCUT2D eigenvalue weighted by atomic mass is 9.98. The zero-order valence-corrected chi connectivity index (χ0v) is 11.6. The van der Waals surface area contributed by atoms with Gasteiger partial charge in [-0.3, -0.25) is 4.79 Å². The Kier molecular flexibility index (Phi) is 5.27. The van der Waals surface area contributed by atoms with Gasteiger partial charge >= 0.3 is 5.97 Å². The van der Waals surface area contributed by atoms with E-state index in [2.05, 4.69) is 10.3 Å². The second-order valence-corrected chi connectivity index (χ2v) is 4.95. The molecule has 0 saturated carbocycles. The number of hydrogen-bond donors (Lipinski definition) is 2. The highest BCUT2D eigenvalue weighted by Gasteiger charge is 2.23. The molecule has 100 valence electrons. The van der Waals surface area contributed by atoms with Gasteiger partial charge in [-0.25, -0.2) is 9.78 Å².